The number of halogens is 2. The molecule has 0 unspecified atom stereocenters. The molecule has 0 atom stereocenters. The lowest BCUT2D eigenvalue weighted by Gasteiger charge is -1.96. The first-order valence-corrected chi connectivity index (χ1v) is 2.89. The molecule has 0 saturated heterocycles. The molecule has 0 N–H and O–H groups in total. The van der Waals surface area contributed by atoms with Crippen LogP contribution in [0.1, 0.15) is 17.8 Å². The van der Waals surface area contributed by atoms with Gasteiger partial charge in [0.15, 0.2) is 0 Å². The molecule has 0 aliphatic heterocycles. The SMILES string of the molecule is N#Cc1cccc(C(F)F)n1. The predicted octanol–water partition coefficient (Wildman–Crippen LogP) is 1.89. The van der Waals surface area contributed by atoms with E-state index in [1.807, 2.05) is 0 Å². The summed E-state index contributed by atoms with van der Waals surface area (Å²) in [5.74, 6) is 0. The van der Waals surface area contributed by atoms with Crippen molar-refractivity contribution in [3.8, 4) is 6.07 Å². The van der Waals surface area contributed by atoms with E-state index in [4.69, 9.17) is 5.26 Å². The van der Waals surface area contributed by atoms with E-state index in [0.717, 1.165) is 0 Å². The van der Waals surface area contributed by atoms with Gasteiger partial charge >= 0.3 is 0 Å². The molecule has 0 fully saturated rings. The van der Waals surface area contributed by atoms with E-state index < -0.39 is 6.43 Å². The molecule has 1 aromatic rings. The van der Waals surface area contributed by atoms with Crippen LogP contribution < -0.4 is 0 Å². The molecular weight excluding hydrogens is 150 g/mol. The largest absolute Gasteiger partial charge is 0.280 e. The van der Waals surface area contributed by atoms with E-state index in [1.165, 1.54) is 18.2 Å². The first-order chi connectivity index (χ1) is 5.24. The van der Waals surface area contributed by atoms with Crippen molar-refractivity contribution in [2.45, 2.75) is 6.43 Å². The van der Waals surface area contributed by atoms with Crippen LogP contribution in [-0.2, 0) is 0 Å². The lowest BCUT2D eigenvalue weighted by Crippen LogP contribution is -1.91. The Kier molecular flexibility index (Phi) is 2.12. The Morgan fingerprint density at radius 1 is 1.45 bits per heavy atom. The molecule has 11 heavy (non-hydrogen) atoms. The summed E-state index contributed by atoms with van der Waals surface area (Å²) in [5.41, 5.74) is -0.341. The Hall–Kier alpha value is -1.50. The van der Waals surface area contributed by atoms with Gasteiger partial charge in [0.05, 0.1) is 0 Å². The van der Waals surface area contributed by atoms with Crippen LogP contribution in [0.2, 0.25) is 0 Å². The molecular formula is C7H4F2N2. The zero-order valence-electron chi connectivity index (χ0n) is 5.46. The molecule has 0 aliphatic carbocycles. The minimum absolute atomic E-state index is 0.0165. The maximum Gasteiger partial charge on any atom is 0.280 e. The Morgan fingerprint density at radius 3 is 2.73 bits per heavy atom. The summed E-state index contributed by atoms with van der Waals surface area (Å²) in [7, 11) is 0. The summed E-state index contributed by atoms with van der Waals surface area (Å²) in [6.45, 7) is 0. The highest BCUT2D eigenvalue weighted by molar-refractivity contribution is 5.22. The van der Waals surface area contributed by atoms with Gasteiger partial charge < -0.3 is 0 Å². The van der Waals surface area contributed by atoms with Crippen molar-refractivity contribution < 1.29 is 8.78 Å². The summed E-state index contributed by atoms with van der Waals surface area (Å²) in [6.07, 6.45) is -2.61. The molecule has 0 amide bonds. The van der Waals surface area contributed by atoms with Gasteiger partial charge in [0.1, 0.15) is 17.5 Å². The third-order valence-electron chi connectivity index (χ3n) is 1.11. The molecule has 0 aromatic carbocycles. The first-order valence-electron chi connectivity index (χ1n) is 2.89. The van der Waals surface area contributed by atoms with Gasteiger partial charge in [-0.05, 0) is 12.1 Å². The van der Waals surface area contributed by atoms with Crippen molar-refractivity contribution in [2.24, 2.45) is 0 Å². The van der Waals surface area contributed by atoms with Crippen LogP contribution in [0.3, 0.4) is 0 Å². The lowest BCUT2D eigenvalue weighted by molar-refractivity contribution is 0.146. The molecule has 2 nitrogen and oxygen atoms in total. The van der Waals surface area contributed by atoms with Crippen LogP contribution >= 0.6 is 0 Å². The zero-order valence-corrected chi connectivity index (χ0v) is 5.46. The fourth-order valence-corrected chi connectivity index (χ4v) is 0.635. The Morgan fingerprint density at radius 2 is 2.18 bits per heavy atom. The number of hydrogen-bond acceptors (Lipinski definition) is 2. The smallest absolute Gasteiger partial charge is 0.236 e. The molecule has 1 rings (SSSR count). The molecule has 0 spiro atoms. The van der Waals surface area contributed by atoms with Gasteiger partial charge in [0, 0.05) is 0 Å². The van der Waals surface area contributed by atoms with E-state index in [1.54, 1.807) is 6.07 Å². The van der Waals surface area contributed by atoms with E-state index in [0.29, 0.717) is 0 Å². The third kappa shape index (κ3) is 1.71. The van der Waals surface area contributed by atoms with Crippen molar-refractivity contribution in [3.63, 3.8) is 0 Å². The van der Waals surface area contributed by atoms with Crippen LogP contribution in [0.5, 0.6) is 0 Å². The minimum Gasteiger partial charge on any atom is -0.236 e. The number of hydrogen-bond donors (Lipinski definition) is 0. The summed E-state index contributed by atoms with van der Waals surface area (Å²) in [6, 6.07) is 5.63. The number of alkyl halides is 2. The molecule has 56 valence electrons. The highest BCUT2D eigenvalue weighted by Gasteiger charge is 2.07. The first kappa shape index (κ1) is 7.61. The van der Waals surface area contributed by atoms with Gasteiger partial charge in [-0.15, -0.1) is 0 Å². The van der Waals surface area contributed by atoms with Crippen LogP contribution in [0.4, 0.5) is 8.78 Å². The third-order valence-corrected chi connectivity index (χ3v) is 1.11. The molecule has 1 aromatic heterocycles. The second-order valence-corrected chi connectivity index (χ2v) is 1.86. The van der Waals surface area contributed by atoms with Crippen LogP contribution in [0, 0.1) is 11.3 Å². The van der Waals surface area contributed by atoms with Crippen molar-refractivity contribution >= 4 is 0 Å². The van der Waals surface area contributed by atoms with Crippen LogP contribution in [0.15, 0.2) is 18.2 Å². The summed E-state index contributed by atoms with van der Waals surface area (Å²) in [5, 5.41) is 8.29. The van der Waals surface area contributed by atoms with Gasteiger partial charge in [0.25, 0.3) is 6.43 Å². The number of rotatable bonds is 1. The van der Waals surface area contributed by atoms with Gasteiger partial charge in [-0.2, -0.15) is 5.26 Å². The highest BCUT2D eigenvalue weighted by atomic mass is 19.3. The van der Waals surface area contributed by atoms with E-state index in [-0.39, 0.29) is 11.4 Å². The van der Waals surface area contributed by atoms with E-state index in [2.05, 4.69) is 4.98 Å². The average molecular weight is 154 g/mol. The molecule has 0 radical (unpaired) electrons. The summed E-state index contributed by atoms with van der Waals surface area (Å²) < 4.78 is 23.8. The molecule has 1 heterocycles. The van der Waals surface area contributed by atoms with Crippen molar-refractivity contribution in [1.29, 1.82) is 5.26 Å². The quantitative estimate of drug-likeness (QED) is 0.619. The lowest BCUT2D eigenvalue weighted by atomic mass is 10.3. The maximum atomic E-state index is 11.9. The second-order valence-electron chi connectivity index (χ2n) is 1.86. The number of aromatic nitrogens is 1. The predicted molar refractivity (Wildman–Crippen MR) is 33.9 cm³/mol. The van der Waals surface area contributed by atoms with Crippen molar-refractivity contribution in [1.82, 2.24) is 4.98 Å². The van der Waals surface area contributed by atoms with Crippen molar-refractivity contribution in [2.75, 3.05) is 0 Å². The monoisotopic (exact) mass is 154 g/mol. The topological polar surface area (TPSA) is 36.7 Å². The van der Waals surface area contributed by atoms with Gasteiger partial charge in [-0.3, -0.25) is 0 Å². The maximum absolute atomic E-state index is 11.9. The number of pyridine rings is 1. The van der Waals surface area contributed by atoms with Crippen LogP contribution in [0.25, 0.3) is 0 Å². The van der Waals surface area contributed by atoms with Crippen LogP contribution in [-0.4, -0.2) is 4.98 Å². The average Bonchev–Trinajstić information content (AvgIpc) is 2.05. The Bertz CT molecular complexity index is 291. The number of nitriles is 1. The minimum atomic E-state index is -2.61. The molecule has 0 bridgehead atoms. The van der Waals surface area contributed by atoms with Crippen molar-refractivity contribution in [3.05, 3.63) is 29.6 Å². The van der Waals surface area contributed by atoms with E-state index >= 15 is 0 Å². The molecule has 4 heteroatoms. The van der Waals surface area contributed by atoms with Gasteiger partial charge in [-0.1, -0.05) is 6.07 Å². The second kappa shape index (κ2) is 3.06. The fourth-order valence-electron chi connectivity index (χ4n) is 0.635. The summed E-state index contributed by atoms with van der Waals surface area (Å²) >= 11 is 0. The Balaban J connectivity index is 3.03. The number of nitrogens with zero attached hydrogens (tertiary/aromatic N) is 2. The highest BCUT2D eigenvalue weighted by Crippen LogP contribution is 2.15. The standard InChI is InChI=1S/C7H4F2N2/c8-7(9)6-3-1-2-5(4-10)11-6/h1-3,7H. The summed E-state index contributed by atoms with van der Waals surface area (Å²) in [4.78, 5) is 3.38. The van der Waals surface area contributed by atoms with Gasteiger partial charge in [0.2, 0.25) is 0 Å². The molecule has 0 saturated carbocycles. The normalized spacial score (nSPS) is 9.64. The van der Waals surface area contributed by atoms with E-state index in [9.17, 15) is 8.78 Å². The zero-order chi connectivity index (χ0) is 8.27. The van der Waals surface area contributed by atoms with Gasteiger partial charge in [-0.25, -0.2) is 13.8 Å². The Labute approximate surface area is 62.1 Å². The fraction of sp³-hybridized carbons (Fsp3) is 0.143. The molecule has 0 aliphatic rings.